The maximum atomic E-state index is 13.0. The molecule has 1 fully saturated rings. The molecule has 5 heteroatoms. The Kier molecular flexibility index (Phi) is 3.27. The summed E-state index contributed by atoms with van der Waals surface area (Å²) in [5.74, 6) is -0.460. The predicted molar refractivity (Wildman–Crippen MR) is 68.2 cm³/mol. The molecule has 1 aromatic carbocycles. The molecule has 1 saturated carbocycles. The lowest BCUT2D eigenvalue weighted by molar-refractivity contribution is -0.0510. The molecule has 0 spiro atoms. The molecule has 2 N–H and O–H groups in total. The Morgan fingerprint density at radius 3 is 2.29 bits per heavy atom. The van der Waals surface area contributed by atoms with Crippen LogP contribution in [0.5, 0.6) is 0 Å². The number of nitrogens with one attached hydrogen (secondary N) is 1. The molecule has 2 unspecified atom stereocenters. The highest BCUT2D eigenvalue weighted by molar-refractivity contribution is 6.39. The molecule has 0 bridgehead atoms. The average molecular weight is 278 g/mol. The van der Waals surface area contributed by atoms with Crippen molar-refractivity contribution < 1.29 is 9.50 Å². The van der Waals surface area contributed by atoms with Crippen molar-refractivity contribution in [3.8, 4) is 0 Å². The van der Waals surface area contributed by atoms with Gasteiger partial charge in [0.25, 0.3) is 0 Å². The fourth-order valence-electron chi connectivity index (χ4n) is 2.00. The van der Waals surface area contributed by atoms with Crippen LogP contribution in [0, 0.1) is 11.2 Å². The van der Waals surface area contributed by atoms with Gasteiger partial charge in [-0.2, -0.15) is 0 Å². The molecule has 2 rings (SSSR count). The summed E-state index contributed by atoms with van der Waals surface area (Å²) >= 11 is 11.9. The van der Waals surface area contributed by atoms with Gasteiger partial charge in [0, 0.05) is 11.5 Å². The zero-order valence-corrected chi connectivity index (χ0v) is 11.1. The van der Waals surface area contributed by atoms with E-state index in [0.29, 0.717) is 12.1 Å². The van der Waals surface area contributed by atoms with Gasteiger partial charge in [-0.3, -0.25) is 0 Å². The number of hydrogen-bond donors (Lipinski definition) is 2. The van der Waals surface area contributed by atoms with E-state index in [0.717, 1.165) is 0 Å². The van der Waals surface area contributed by atoms with Gasteiger partial charge in [-0.1, -0.05) is 37.0 Å². The van der Waals surface area contributed by atoms with Crippen LogP contribution in [0.1, 0.15) is 20.3 Å². The Labute approximate surface area is 110 Å². The minimum absolute atomic E-state index is 0.0814. The van der Waals surface area contributed by atoms with Crippen molar-refractivity contribution in [2.75, 3.05) is 5.32 Å². The third-order valence-electron chi connectivity index (χ3n) is 3.54. The summed E-state index contributed by atoms with van der Waals surface area (Å²) < 4.78 is 13.0. The summed E-state index contributed by atoms with van der Waals surface area (Å²) in [5, 5.41) is 13.3. The van der Waals surface area contributed by atoms with Gasteiger partial charge in [-0.15, -0.1) is 0 Å². The number of hydrogen-bond acceptors (Lipinski definition) is 2. The first-order chi connectivity index (χ1) is 7.82. The molecule has 1 aromatic rings. The summed E-state index contributed by atoms with van der Waals surface area (Å²) in [7, 11) is 0. The number of aliphatic hydroxyl groups excluding tert-OH is 1. The Morgan fingerprint density at radius 2 is 1.88 bits per heavy atom. The van der Waals surface area contributed by atoms with E-state index in [1.54, 1.807) is 0 Å². The summed E-state index contributed by atoms with van der Waals surface area (Å²) in [4.78, 5) is 0. The Bertz CT molecular complexity index is 427. The lowest BCUT2D eigenvalue weighted by atomic mass is 9.64. The number of halogens is 3. The van der Waals surface area contributed by atoms with Gasteiger partial charge >= 0.3 is 0 Å². The molecule has 94 valence electrons. The smallest absolute Gasteiger partial charge is 0.126 e. The number of rotatable bonds is 2. The van der Waals surface area contributed by atoms with Gasteiger partial charge in [0.1, 0.15) is 5.82 Å². The average Bonchev–Trinajstić information content (AvgIpc) is 2.21. The zero-order valence-electron chi connectivity index (χ0n) is 9.60. The van der Waals surface area contributed by atoms with Crippen LogP contribution in [0.2, 0.25) is 10.0 Å². The van der Waals surface area contributed by atoms with Crippen molar-refractivity contribution in [1.82, 2.24) is 0 Å². The number of benzene rings is 1. The van der Waals surface area contributed by atoms with Crippen LogP contribution in [0.25, 0.3) is 0 Å². The van der Waals surface area contributed by atoms with E-state index in [1.165, 1.54) is 12.1 Å². The first-order valence-electron chi connectivity index (χ1n) is 5.41. The maximum absolute atomic E-state index is 13.0. The normalized spacial score (nSPS) is 26.5. The molecule has 0 amide bonds. The van der Waals surface area contributed by atoms with Crippen LogP contribution < -0.4 is 5.32 Å². The first kappa shape index (κ1) is 12.9. The van der Waals surface area contributed by atoms with E-state index in [4.69, 9.17) is 23.2 Å². The third kappa shape index (κ3) is 2.24. The van der Waals surface area contributed by atoms with Crippen LogP contribution >= 0.6 is 23.2 Å². The van der Waals surface area contributed by atoms with E-state index < -0.39 is 5.82 Å². The molecule has 0 heterocycles. The second-order valence-electron chi connectivity index (χ2n) is 5.01. The van der Waals surface area contributed by atoms with Crippen molar-refractivity contribution >= 4 is 28.9 Å². The number of anilines is 1. The molecule has 2 atom stereocenters. The molecule has 17 heavy (non-hydrogen) atoms. The van der Waals surface area contributed by atoms with Gasteiger partial charge in [0.15, 0.2) is 0 Å². The molecule has 1 aliphatic rings. The third-order valence-corrected chi connectivity index (χ3v) is 4.14. The monoisotopic (exact) mass is 277 g/mol. The quantitative estimate of drug-likeness (QED) is 0.864. The van der Waals surface area contributed by atoms with Crippen molar-refractivity contribution in [2.45, 2.75) is 32.4 Å². The van der Waals surface area contributed by atoms with Gasteiger partial charge in [0.05, 0.1) is 21.8 Å². The largest absolute Gasteiger partial charge is 0.392 e. The molecule has 0 radical (unpaired) electrons. The zero-order chi connectivity index (χ0) is 12.8. The molecule has 2 nitrogen and oxygen atoms in total. The second-order valence-corrected chi connectivity index (χ2v) is 5.83. The molecular weight excluding hydrogens is 264 g/mol. The van der Waals surface area contributed by atoms with Crippen LogP contribution in [0.4, 0.5) is 10.1 Å². The molecule has 0 saturated heterocycles. The van der Waals surface area contributed by atoms with Gasteiger partial charge < -0.3 is 10.4 Å². The lowest BCUT2D eigenvalue weighted by Gasteiger charge is -2.50. The van der Waals surface area contributed by atoms with Crippen LogP contribution in [0.15, 0.2) is 12.1 Å². The van der Waals surface area contributed by atoms with E-state index >= 15 is 0 Å². The van der Waals surface area contributed by atoms with Gasteiger partial charge in [-0.05, 0) is 18.6 Å². The van der Waals surface area contributed by atoms with E-state index in [-0.39, 0.29) is 27.6 Å². The topological polar surface area (TPSA) is 32.3 Å². The van der Waals surface area contributed by atoms with E-state index in [1.807, 2.05) is 13.8 Å². The van der Waals surface area contributed by atoms with Crippen LogP contribution in [-0.4, -0.2) is 17.3 Å². The highest BCUT2D eigenvalue weighted by Crippen LogP contribution is 2.44. The molecule has 0 aliphatic heterocycles. The van der Waals surface area contributed by atoms with Crippen molar-refractivity contribution in [2.24, 2.45) is 5.41 Å². The molecule has 1 aliphatic carbocycles. The van der Waals surface area contributed by atoms with E-state index in [9.17, 15) is 9.50 Å². The highest BCUT2D eigenvalue weighted by atomic mass is 35.5. The van der Waals surface area contributed by atoms with Crippen molar-refractivity contribution in [3.63, 3.8) is 0 Å². The van der Waals surface area contributed by atoms with E-state index in [2.05, 4.69) is 5.32 Å². The molecule has 0 aromatic heterocycles. The first-order valence-corrected chi connectivity index (χ1v) is 6.17. The fourth-order valence-corrected chi connectivity index (χ4v) is 2.57. The Hall–Kier alpha value is -0.510. The van der Waals surface area contributed by atoms with Crippen LogP contribution in [-0.2, 0) is 0 Å². The minimum atomic E-state index is -0.460. The van der Waals surface area contributed by atoms with Crippen molar-refractivity contribution in [3.05, 3.63) is 28.0 Å². The maximum Gasteiger partial charge on any atom is 0.126 e. The predicted octanol–water partition coefficient (Wildman–Crippen LogP) is 3.70. The van der Waals surface area contributed by atoms with Crippen molar-refractivity contribution in [1.29, 1.82) is 0 Å². The SMILES string of the molecule is CC1(C)C(O)CC1Nc1c(Cl)cc(F)cc1Cl. The van der Waals surface area contributed by atoms with Gasteiger partial charge in [-0.25, -0.2) is 4.39 Å². The Balaban J connectivity index is 2.21. The second kappa shape index (κ2) is 4.30. The van der Waals surface area contributed by atoms with Crippen LogP contribution in [0.3, 0.4) is 0 Å². The number of aliphatic hydroxyl groups is 1. The standard InChI is InChI=1S/C12H14Cl2FNO/c1-12(2)9(5-10(12)17)16-11-7(13)3-6(15)4-8(11)14/h3-4,9-10,16-17H,5H2,1-2H3. The summed E-state index contributed by atoms with van der Waals surface area (Å²) in [5.41, 5.74) is 0.292. The summed E-state index contributed by atoms with van der Waals surface area (Å²) in [6.45, 7) is 3.92. The highest BCUT2D eigenvalue weighted by Gasteiger charge is 2.47. The minimum Gasteiger partial charge on any atom is -0.392 e. The van der Waals surface area contributed by atoms with Gasteiger partial charge in [0.2, 0.25) is 0 Å². The fraction of sp³-hybridized carbons (Fsp3) is 0.500. The summed E-state index contributed by atoms with van der Waals surface area (Å²) in [6, 6.07) is 2.52. The lowest BCUT2D eigenvalue weighted by Crippen LogP contribution is -2.56. The Morgan fingerprint density at radius 1 is 1.35 bits per heavy atom. The summed E-state index contributed by atoms with van der Waals surface area (Å²) in [6.07, 6.45) is 0.301. The molecular formula is C12H14Cl2FNO.